The van der Waals surface area contributed by atoms with Crippen LogP contribution in [0.1, 0.15) is 64.2 Å². The lowest BCUT2D eigenvalue weighted by atomic mass is 9.85. The highest BCUT2D eigenvalue weighted by Crippen LogP contribution is 2.51. The van der Waals surface area contributed by atoms with Gasteiger partial charge in [0.25, 0.3) is 0 Å². The minimum Gasteiger partial charge on any atom is -0.393 e. The number of amides is 1. The van der Waals surface area contributed by atoms with Crippen LogP contribution in [0, 0.1) is 17.8 Å². The van der Waals surface area contributed by atoms with Gasteiger partial charge in [0.1, 0.15) is 0 Å². The lowest BCUT2D eigenvalue weighted by molar-refractivity contribution is -0.139. The van der Waals surface area contributed by atoms with Crippen molar-refractivity contribution in [2.24, 2.45) is 17.8 Å². The average molecular weight is 277 g/mol. The van der Waals surface area contributed by atoms with Gasteiger partial charge >= 0.3 is 0 Å². The lowest BCUT2D eigenvalue weighted by Gasteiger charge is -2.37. The Labute approximate surface area is 121 Å². The highest BCUT2D eigenvalue weighted by molar-refractivity contribution is 5.82. The summed E-state index contributed by atoms with van der Waals surface area (Å²) in [4.78, 5) is 15.0. The number of hydrogen-bond acceptors (Lipinski definition) is 2. The molecule has 0 unspecified atom stereocenters. The SMILES string of the molecule is O=C([C@H]1C[C@@H]1C1CCCCC1)N1[C@H]2CC[C@H]1CC(O)C2. The molecule has 0 aromatic carbocycles. The van der Waals surface area contributed by atoms with E-state index in [-0.39, 0.29) is 6.10 Å². The molecule has 0 radical (unpaired) electrons. The molecule has 1 N–H and O–H groups in total. The number of rotatable bonds is 2. The number of nitrogens with zero attached hydrogens (tertiary/aromatic N) is 1. The average Bonchev–Trinajstić information content (AvgIpc) is 3.20. The largest absolute Gasteiger partial charge is 0.393 e. The monoisotopic (exact) mass is 277 g/mol. The molecule has 112 valence electrons. The molecule has 4 fully saturated rings. The predicted molar refractivity (Wildman–Crippen MR) is 77.1 cm³/mol. The van der Waals surface area contributed by atoms with Crippen LogP contribution in [0.15, 0.2) is 0 Å². The maximum absolute atomic E-state index is 12.8. The Bertz CT molecular complexity index is 376. The van der Waals surface area contributed by atoms with E-state index in [0.717, 1.165) is 38.0 Å². The van der Waals surface area contributed by atoms with E-state index < -0.39 is 0 Å². The van der Waals surface area contributed by atoms with Gasteiger partial charge in [-0.05, 0) is 43.9 Å². The van der Waals surface area contributed by atoms with Gasteiger partial charge in [0, 0.05) is 18.0 Å². The normalized spacial score (nSPS) is 44.6. The van der Waals surface area contributed by atoms with E-state index in [0.29, 0.717) is 29.8 Å². The van der Waals surface area contributed by atoms with Crippen molar-refractivity contribution in [2.75, 3.05) is 0 Å². The van der Waals surface area contributed by atoms with E-state index in [1.807, 2.05) is 0 Å². The molecular weight excluding hydrogens is 250 g/mol. The Kier molecular flexibility index (Phi) is 3.29. The first-order valence-corrected chi connectivity index (χ1v) is 8.74. The Balaban J connectivity index is 1.39. The first kappa shape index (κ1) is 13.1. The van der Waals surface area contributed by atoms with Crippen LogP contribution in [0.2, 0.25) is 0 Å². The Hall–Kier alpha value is -0.570. The first-order valence-electron chi connectivity index (χ1n) is 8.74. The third-order valence-corrected chi connectivity index (χ3v) is 6.38. The van der Waals surface area contributed by atoms with Gasteiger partial charge in [-0.15, -0.1) is 0 Å². The highest BCUT2D eigenvalue weighted by Gasteiger charge is 2.53. The fourth-order valence-corrected chi connectivity index (χ4v) is 5.28. The topological polar surface area (TPSA) is 40.5 Å². The maximum Gasteiger partial charge on any atom is 0.226 e. The van der Waals surface area contributed by atoms with Crippen LogP contribution in [0.25, 0.3) is 0 Å². The van der Waals surface area contributed by atoms with Crippen LogP contribution in [0.4, 0.5) is 0 Å². The molecule has 2 bridgehead atoms. The molecule has 0 spiro atoms. The van der Waals surface area contributed by atoms with Crippen LogP contribution in [-0.4, -0.2) is 34.1 Å². The number of carbonyl (C=O) groups is 1. The molecule has 4 aliphatic rings. The number of aliphatic hydroxyl groups excluding tert-OH is 1. The summed E-state index contributed by atoms with van der Waals surface area (Å²) < 4.78 is 0. The van der Waals surface area contributed by atoms with E-state index >= 15 is 0 Å². The zero-order valence-electron chi connectivity index (χ0n) is 12.3. The van der Waals surface area contributed by atoms with Gasteiger partial charge in [0.15, 0.2) is 0 Å². The molecule has 20 heavy (non-hydrogen) atoms. The summed E-state index contributed by atoms with van der Waals surface area (Å²) in [6, 6.07) is 0.702. The molecule has 2 aliphatic carbocycles. The molecule has 3 nitrogen and oxygen atoms in total. The second kappa shape index (κ2) is 5.01. The summed E-state index contributed by atoms with van der Waals surface area (Å²) in [6.45, 7) is 0. The zero-order chi connectivity index (χ0) is 13.7. The maximum atomic E-state index is 12.8. The molecule has 2 aliphatic heterocycles. The molecule has 2 saturated heterocycles. The summed E-state index contributed by atoms with van der Waals surface area (Å²) in [6.07, 6.45) is 11.8. The minimum atomic E-state index is -0.162. The van der Waals surface area contributed by atoms with E-state index in [9.17, 15) is 9.90 Å². The summed E-state index contributed by atoms with van der Waals surface area (Å²) in [5.74, 6) is 2.33. The number of aliphatic hydroxyl groups is 1. The second-order valence-electron chi connectivity index (χ2n) is 7.66. The van der Waals surface area contributed by atoms with Crippen LogP contribution >= 0.6 is 0 Å². The molecule has 0 aromatic rings. The fraction of sp³-hybridized carbons (Fsp3) is 0.941. The molecule has 0 aromatic heterocycles. The highest BCUT2D eigenvalue weighted by atomic mass is 16.3. The van der Waals surface area contributed by atoms with Crippen molar-refractivity contribution in [1.82, 2.24) is 4.90 Å². The van der Waals surface area contributed by atoms with Gasteiger partial charge < -0.3 is 10.0 Å². The van der Waals surface area contributed by atoms with E-state index in [1.165, 1.54) is 32.1 Å². The van der Waals surface area contributed by atoms with Gasteiger partial charge in [-0.25, -0.2) is 0 Å². The van der Waals surface area contributed by atoms with Crippen LogP contribution in [-0.2, 0) is 4.79 Å². The fourth-order valence-electron chi connectivity index (χ4n) is 5.28. The molecule has 3 heteroatoms. The van der Waals surface area contributed by atoms with Crippen molar-refractivity contribution in [3.63, 3.8) is 0 Å². The smallest absolute Gasteiger partial charge is 0.226 e. The second-order valence-corrected chi connectivity index (χ2v) is 7.66. The van der Waals surface area contributed by atoms with Crippen molar-refractivity contribution >= 4 is 5.91 Å². The van der Waals surface area contributed by atoms with Gasteiger partial charge in [-0.3, -0.25) is 4.79 Å². The molecule has 4 rings (SSSR count). The summed E-state index contributed by atoms with van der Waals surface area (Å²) in [5.41, 5.74) is 0. The molecule has 2 heterocycles. The summed E-state index contributed by atoms with van der Waals surface area (Å²) in [5, 5.41) is 9.86. The van der Waals surface area contributed by atoms with Gasteiger partial charge in [-0.1, -0.05) is 32.1 Å². The standard InChI is InChI=1S/C17H27NO2/c19-14-8-12-6-7-13(9-14)18(12)17(20)16-10-15(16)11-4-2-1-3-5-11/h11-16,19H,1-10H2/t12-,13-,15+,16-/m0/s1. The van der Waals surface area contributed by atoms with E-state index in [1.54, 1.807) is 0 Å². The van der Waals surface area contributed by atoms with Crippen LogP contribution < -0.4 is 0 Å². The number of fused-ring (bicyclic) bond motifs is 2. The van der Waals surface area contributed by atoms with Crippen LogP contribution in [0.3, 0.4) is 0 Å². The third kappa shape index (κ3) is 2.18. The van der Waals surface area contributed by atoms with E-state index in [2.05, 4.69) is 4.90 Å². The first-order chi connectivity index (χ1) is 9.74. The summed E-state index contributed by atoms with van der Waals surface area (Å²) in [7, 11) is 0. The van der Waals surface area contributed by atoms with Gasteiger partial charge in [0.05, 0.1) is 6.10 Å². The molecule has 4 atom stereocenters. The summed E-state index contributed by atoms with van der Waals surface area (Å²) >= 11 is 0. The Morgan fingerprint density at radius 3 is 2.20 bits per heavy atom. The number of carbonyl (C=O) groups excluding carboxylic acids is 1. The minimum absolute atomic E-state index is 0.162. The van der Waals surface area contributed by atoms with Crippen molar-refractivity contribution in [2.45, 2.75) is 82.4 Å². The molecule has 1 amide bonds. The number of piperidine rings is 1. The quantitative estimate of drug-likeness (QED) is 0.843. The van der Waals surface area contributed by atoms with Crippen molar-refractivity contribution in [1.29, 1.82) is 0 Å². The van der Waals surface area contributed by atoms with Crippen LogP contribution in [0.5, 0.6) is 0 Å². The van der Waals surface area contributed by atoms with E-state index in [4.69, 9.17) is 0 Å². The molecule has 2 saturated carbocycles. The lowest BCUT2D eigenvalue weighted by Crippen LogP contribution is -2.48. The Morgan fingerprint density at radius 2 is 1.55 bits per heavy atom. The predicted octanol–water partition coefficient (Wildman–Crippen LogP) is 2.72. The van der Waals surface area contributed by atoms with Gasteiger partial charge in [0.2, 0.25) is 5.91 Å². The third-order valence-electron chi connectivity index (χ3n) is 6.38. The number of hydrogen-bond donors (Lipinski definition) is 1. The molecular formula is C17H27NO2. The van der Waals surface area contributed by atoms with Crippen molar-refractivity contribution < 1.29 is 9.90 Å². The van der Waals surface area contributed by atoms with Crippen molar-refractivity contribution in [3.05, 3.63) is 0 Å². The van der Waals surface area contributed by atoms with Gasteiger partial charge in [-0.2, -0.15) is 0 Å². The Morgan fingerprint density at radius 1 is 0.900 bits per heavy atom. The zero-order valence-corrected chi connectivity index (χ0v) is 12.3. The van der Waals surface area contributed by atoms with Crippen molar-refractivity contribution in [3.8, 4) is 0 Å².